The van der Waals surface area contributed by atoms with E-state index in [1.807, 2.05) is 0 Å². The molecule has 1 aromatic carbocycles. The number of nitrogen functional groups attached to an aromatic ring is 1. The lowest BCUT2D eigenvalue weighted by molar-refractivity contribution is 0.415. The maximum atomic E-state index is 13.1. The molecule has 4 nitrogen and oxygen atoms in total. The molecule has 2 N–H and O–H groups in total. The lowest BCUT2D eigenvalue weighted by atomic mass is 10.1. The SMILES string of the molecule is CC1(C)CCN(S(=O)(=O)c2ccc(F)cc2N)CCS1. The number of rotatable bonds is 2. The van der Waals surface area contributed by atoms with Gasteiger partial charge in [0.15, 0.2) is 0 Å². The summed E-state index contributed by atoms with van der Waals surface area (Å²) in [6, 6.07) is 3.41. The Morgan fingerprint density at radius 2 is 2.05 bits per heavy atom. The highest BCUT2D eigenvalue weighted by Crippen LogP contribution is 2.33. The smallest absolute Gasteiger partial charge is 0.245 e. The van der Waals surface area contributed by atoms with E-state index in [1.54, 1.807) is 11.8 Å². The first-order valence-electron chi connectivity index (χ1n) is 6.41. The summed E-state index contributed by atoms with van der Waals surface area (Å²) >= 11 is 1.77. The van der Waals surface area contributed by atoms with Gasteiger partial charge < -0.3 is 5.73 Å². The number of hydrogen-bond acceptors (Lipinski definition) is 4. The van der Waals surface area contributed by atoms with Crippen LogP contribution < -0.4 is 5.73 Å². The van der Waals surface area contributed by atoms with Crippen LogP contribution in [0.5, 0.6) is 0 Å². The van der Waals surface area contributed by atoms with Crippen LogP contribution in [0.1, 0.15) is 20.3 Å². The van der Waals surface area contributed by atoms with Crippen LogP contribution in [0.4, 0.5) is 10.1 Å². The van der Waals surface area contributed by atoms with Gasteiger partial charge in [-0.25, -0.2) is 12.8 Å². The maximum Gasteiger partial charge on any atom is 0.245 e. The van der Waals surface area contributed by atoms with Crippen molar-refractivity contribution >= 4 is 27.5 Å². The van der Waals surface area contributed by atoms with E-state index < -0.39 is 15.8 Å². The summed E-state index contributed by atoms with van der Waals surface area (Å²) in [7, 11) is -3.65. The Morgan fingerprint density at radius 1 is 1.35 bits per heavy atom. The molecule has 1 heterocycles. The molecule has 0 unspecified atom stereocenters. The first-order valence-corrected chi connectivity index (χ1v) is 8.84. The number of benzene rings is 1. The highest BCUT2D eigenvalue weighted by molar-refractivity contribution is 8.00. The minimum atomic E-state index is -3.65. The van der Waals surface area contributed by atoms with Crippen molar-refractivity contribution in [3.8, 4) is 0 Å². The minimum absolute atomic E-state index is 0.0105. The first-order chi connectivity index (χ1) is 9.22. The van der Waals surface area contributed by atoms with Gasteiger partial charge in [0.05, 0.1) is 5.69 Å². The quantitative estimate of drug-likeness (QED) is 0.850. The third-order valence-corrected chi connectivity index (χ3v) is 6.73. The molecule has 20 heavy (non-hydrogen) atoms. The normalized spacial score (nSPS) is 20.6. The summed E-state index contributed by atoms with van der Waals surface area (Å²) in [5.74, 6) is 0.210. The zero-order valence-corrected chi connectivity index (χ0v) is 13.2. The Bertz CT molecular complexity index is 602. The molecule has 0 bridgehead atoms. The molecular weight excluding hydrogens is 299 g/mol. The van der Waals surface area contributed by atoms with E-state index in [-0.39, 0.29) is 15.3 Å². The molecule has 0 radical (unpaired) electrons. The van der Waals surface area contributed by atoms with Crippen molar-refractivity contribution < 1.29 is 12.8 Å². The maximum absolute atomic E-state index is 13.1. The second-order valence-electron chi connectivity index (χ2n) is 5.44. The lowest BCUT2D eigenvalue weighted by Crippen LogP contribution is -2.34. The Hall–Kier alpha value is -0.790. The van der Waals surface area contributed by atoms with Crippen LogP contribution >= 0.6 is 11.8 Å². The summed E-state index contributed by atoms with van der Waals surface area (Å²) in [6.07, 6.45) is 0.776. The summed E-state index contributed by atoms with van der Waals surface area (Å²) in [6.45, 7) is 5.13. The monoisotopic (exact) mass is 318 g/mol. The lowest BCUT2D eigenvalue weighted by Gasteiger charge is -2.22. The highest BCUT2D eigenvalue weighted by atomic mass is 32.2. The predicted molar refractivity (Wildman–Crippen MR) is 80.7 cm³/mol. The van der Waals surface area contributed by atoms with Crippen molar-refractivity contribution in [1.82, 2.24) is 4.31 Å². The highest BCUT2D eigenvalue weighted by Gasteiger charge is 2.31. The third-order valence-electron chi connectivity index (χ3n) is 3.39. The molecule has 0 aromatic heterocycles. The molecule has 112 valence electrons. The van der Waals surface area contributed by atoms with Crippen molar-refractivity contribution in [1.29, 1.82) is 0 Å². The van der Waals surface area contributed by atoms with Crippen LogP contribution in [0.2, 0.25) is 0 Å². The fraction of sp³-hybridized carbons (Fsp3) is 0.538. The van der Waals surface area contributed by atoms with Crippen molar-refractivity contribution in [3.05, 3.63) is 24.0 Å². The van der Waals surface area contributed by atoms with E-state index in [1.165, 1.54) is 10.4 Å². The molecule has 1 aliphatic heterocycles. The van der Waals surface area contributed by atoms with Gasteiger partial charge in [0.25, 0.3) is 0 Å². The number of thioether (sulfide) groups is 1. The summed E-state index contributed by atoms with van der Waals surface area (Å²) in [5.41, 5.74) is 5.61. The molecule has 0 amide bonds. The van der Waals surface area contributed by atoms with E-state index >= 15 is 0 Å². The van der Waals surface area contributed by atoms with E-state index in [4.69, 9.17) is 5.73 Å². The topological polar surface area (TPSA) is 63.4 Å². The van der Waals surface area contributed by atoms with Crippen LogP contribution in [0.15, 0.2) is 23.1 Å². The Kier molecular flexibility index (Phi) is 4.32. The van der Waals surface area contributed by atoms with E-state index in [2.05, 4.69) is 13.8 Å². The molecule has 1 aliphatic rings. The van der Waals surface area contributed by atoms with Crippen LogP contribution in [0.3, 0.4) is 0 Å². The third kappa shape index (κ3) is 3.27. The number of hydrogen-bond donors (Lipinski definition) is 1. The molecular formula is C13H19FN2O2S2. The van der Waals surface area contributed by atoms with Gasteiger partial charge in [0.1, 0.15) is 10.7 Å². The van der Waals surface area contributed by atoms with Gasteiger partial charge in [0.2, 0.25) is 10.0 Å². The molecule has 1 aromatic rings. The van der Waals surface area contributed by atoms with Gasteiger partial charge in [-0.3, -0.25) is 0 Å². The van der Waals surface area contributed by atoms with E-state index in [9.17, 15) is 12.8 Å². The van der Waals surface area contributed by atoms with Gasteiger partial charge in [-0.15, -0.1) is 0 Å². The minimum Gasteiger partial charge on any atom is -0.398 e. The molecule has 1 saturated heterocycles. The predicted octanol–water partition coefficient (Wildman–Crippen LogP) is 2.31. The largest absolute Gasteiger partial charge is 0.398 e. The molecule has 1 fully saturated rings. The van der Waals surface area contributed by atoms with E-state index in [0.717, 1.165) is 24.3 Å². The van der Waals surface area contributed by atoms with Gasteiger partial charge >= 0.3 is 0 Å². The molecule has 0 aliphatic carbocycles. The fourth-order valence-corrected chi connectivity index (χ4v) is 4.89. The molecule has 0 atom stereocenters. The van der Waals surface area contributed by atoms with Crippen molar-refractivity contribution in [2.45, 2.75) is 29.9 Å². The van der Waals surface area contributed by atoms with Crippen molar-refractivity contribution in [2.24, 2.45) is 0 Å². The van der Waals surface area contributed by atoms with Gasteiger partial charge in [-0.1, -0.05) is 13.8 Å². The number of halogens is 1. The summed E-state index contributed by atoms with van der Waals surface area (Å²) < 4.78 is 39.8. The second-order valence-corrected chi connectivity index (χ2v) is 9.15. The number of nitrogens with zero attached hydrogens (tertiary/aromatic N) is 1. The molecule has 0 saturated carbocycles. The molecule has 0 spiro atoms. The fourth-order valence-electron chi connectivity index (χ4n) is 2.14. The van der Waals surface area contributed by atoms with Crippen LogP contribution in [-0.2, 0) is 10.0 Å². The second kappa shape index (κ2) is 5.54. The van der Waals surface area contributed by atoms with Crippen LogP contribution in [-0.4, -0.2) is 36.3 Å². The Labute approximate surface area is 123 Å². The Balaban J connectivity index is 2.30. The van der Waals surface area contributed by atoms with Gasteiger partial charge in [-0.2, -0.15) is 16.1 Å². The zero-order valence-electron chi connectivity index (χ0n) is 11.6. The molecule has 2 rings (SSSR count). The van der Waals surface area contributed by atoms with Crippen molar-refractivity contribution in [2.75, 3.05) is 24.6 Å². The van der Waals surface area contributed by atoms with Gasteiger partial charge in [0, 0.05) is 23.6 Å². The number of anilines is 1. The summed E-state index contributed by atoms with van der Waals surface area (Å²) in [5, 5.41) is 0. The number of sulfonamides is 1. The first kappa shape index (κ1) is 15.6. The van der Waals surface area contributed by atoms with Crippen LogP contribution in [0, 0.1) is 5.82 Å². The van der Waals surface area contributed by atoms with E-state index in [0.29, 0.717) is 13.1 Å². The summed E-state index contributed by atoms with van der Waals surface area (Å²) in [4.78, 5) is -0.0105. The zero-order chi connectivity index (χ0) is 15.0. The standard InChI is InChI=1S/C13H19FN2O2S2/c1-13(2)5-6-16(7-8-19-13)20(17,18)12-4-3-10(14)9-11(12)15/h3-4,9H,5-8,15H2,1-2H3. The average Bonchev–Trinajstić information content (AvgIpc) is 2.50. The van der Waals surface area contributed by atoms with Gasteiger partial charge in [-0.05, 0) is 24.6 Å². The number of nitrogens with two attached hydrogens (primary N) is 1. The van der Waals surface area contributed by atoms with Crippen molar-refractivity contribution in [3.63, 3.8) is 0 Å². The Morgan fingerprint density at radius 3 is 2.70 bits per heavy atom. The molecule has 7 heteroatoms. The average molecular weight is 318 g/mol. The van der Waals surface area contributed by atoms with Crippen LogP contribution in [0.25, 0.3) is 0 Å².